The average Bonchev–Trinajstić information content (AvgIpc) is 2.71. The maximum Gasteiger partial charge on any atom is 0.266 e. The van der Waals surface area contributed by atoms with Crippen LogP contribution >= 0.6 is 0 Å². The van der Waals surface area contributed by atoms with E-state index < -0.39 is 15.9 Å². The molecule has 2 aromatic rings. The van der Waals surface area contributed by atoms with Crippen LogP contribution in [-0.4, -0.2) is 57.2 Å². The zero-order valence-corrected chi connectivity index (χ0v) is 16.8. The predicted molar refractivity (Wildman–Crippen MR) is 110 cm³/mol. The van der Waals surface area contributed by atoms with E-state index in [-0.39, 0.29) is 12.5 Å². The number of ether oxygens (including phenoxy) is 2. The molecule has 2 aromatic carbocycles. The average molecular weight is 422 g/mol. The van der Waals surface area contributed by atoms with E-state index in [9.17, 15) is 13.2 Å². The monoisotopic (exact) mass is 422 g/mol. The van der Waals surface area contributed by atoms with E-state index in [0.717, 1.165) is 5.12 Å². The van der Waals surface area contributed by atoms with Gasteiger partial charge in [0.1, 0.15) is 17.2 Å². The molecule has 11 heteroatoms. The van der Waals surface area contributed by atoms with E-state index in [1.54, 1.807) is 36.4 Å². The number of nitrogens with zero attached hydrogens (tertiary/aromatic N) is 2. The van der Waals surface area contributed by atoms with Crippen molar-refractivity contribution in [1.29, 1.82) is 0 Å². The minimum Gasteiger partial charge on any atom is -0.494 e. The normalized spacial score (nSPS) is 10.7. The summed E-state index contributed by atoms with van der Waals surface area (Å²) in [4.78, 5) is 12.4. The lowest BCUT2D eigenvalue weighted by atomic mass is 10.2. The first-order valence-corrected chi connectivity index (χ1v) is 9.96. The van der Waals surface area contributed by atoms with E-state index in [1.165, 1.54) is 14.2 Å². The highest BCUT2D eigenvalue weighted by molar-refractivity contribution is 7.85. The van der Waals surface area contributed by atoms with E-state index >= 15 is 0 Å². The molecule has 0 heterocycles. The number of hydrogen-bond donors (Lipinski definition) is 3. The number of carbonyl (C=O) groups excluding carboxylic acids is 1. The molecule has 0 fully saturated rings. The Morgan fingerprint density at radius 2 is 1.72 bits per heavy atom. The summed E-state index contributed by atoms with van der Waals surface area (Å²) < 4.78 is 41.5. The zero-order chi connectivity index (χ0) is 21.4. The van der Waals surface area contributed by atoms with Crippen LogP contribution in [0.1, 0.15) is 10.4 Å². The molecule has 0 aliphatic heterocycles. The van der Waals surface area contributed by atoms with E-state index in [2.05, 4.69) is 22.6 Å². The van der Waals surface area contributed by atoms with Gasteiger partial charge in [0.15, 0.2) is 0 Å². The molecular weight excluding hydrogens is 400 g/mol. The Morgan fingerprint density at radius 3 is 2.28 bits per heavy atom. The first kappa shape index (κ1) is 22.0. The second-order valence-electron chi connectivity index (χ2n) is 5.74. The van der Waals surface area contributed by atoms with Crippen molar-refractivity contribution in [3.63, 3.8) is 0 Å². The molecule has 3 N–H and O–H groups in total. The fourth-order valence-corrected chi connectivity index (χ4v) is 2.77. The van der Waals surface area contributed by atoms with Crippen molar-refractivity contribution in [2.45, 2.75) is 0 Å². The third-order valence-electron chi connectivity index (χ3n) is 3.79. The summed E-state index contributed by atoms with van der Waals surface area (Å²) in [5, 5.41) is 7.54. The smallest absolute Gasteiger partial charge is 0.266 e. The topological polar surface area (TPSA) is 130 Å². The van der Waals surface area contributed by atoms with Gasteiger partial charge in [-0.05, 0) is 12.1 Å². The Bertz CT molecular complexity index is 966. The third-order valence-corrected chi connectivity index (χ3v) is 4.49. The number of benzene rings is 2. The minimum absolute atomic E-state index is 0.166. The molecule has 156 valence electrons. The van der Waals surface area contributed by atoms with Gasteiger partial charge in [-0.15, -0.1) is 0 Å². The van der Waals surface area contributed by atoms with Crippen molar-refractivity contribution >= 4 is 34.1 Å². The van der Waals surface area contributed by atoms with Gasteiger partial charge in [-0.1, -0.05) is 18.2 Å². The second-order valence-corrected chi connectivity index (χ2v) is 7.31. The van der Waals surface area contributed by atoms with Crippen LogP contribution < -0.4 is 20.2 Å². The lowest BCUT2D eigenvalue weighted by Crippen LogP contribution is -2.29. The molecule has 10 nitrogen and oxygen atoms in total. The van der Waals surface area contributed by atoms with Crippen molar-refractivity contribution in [2.75, 3.05) is 37.3 Å². The molecule has 0 saturated heterocycles. The number of rotatable bonds is 10. The van der Waals surface area contributed by atoms with Crippen LogP contribution in [0.2, 0.25) is 0 Å². The maximum absolute atomic E-state index is 12.4. The van der Waals surface area contributed by atoms with Crippen LogP contribution in [0.5, 0.6) is 11.5 Å². The summed E-state index contributed by atoms with van der Waals surface area (Å²) in [6.07, 6.45) is 0. The Morgan fingerprint density at radius 1 is 1.14 bits per heavy atom. The van der Waals surface area contributed by atoms with Crippen LogP contribution in [0.4, 0.5) is 11.4 Å². The molecule has 0 aliphatic rings. The number of methoxy groups -OCH3 is 2. The third kappa shape index (κ3) is 6.36. The fraction of sp³-hybridized carbons (Fsp3) is 0.222. The molecule has 0 unspecified atom stereocenters. The molecule has 29 heavy (non-hydrogen) atoms. The molecule has 0 spiro atoms. The molecular formula is C18H22N4O6S. The largest absolute Gasteiger partial charge is 0.494 e. The molecule has 0 aliphatic carbocycles. The first-order chi connectivity index (χ1) is 13.8. The number of nitrogens with one attached hydrogen (secondary N) is 2. The van der Waals surface area contributed by atoms with Crippen molar-refractivity contribution in [3.8, 4) is 11.5 Å². The summed E-state index contributed by atoms with van der Waals surface area (Å²) in [7, 11) is -1.30. The molecule has 1 amide bonds. The highest BCUT2D eigenvalue weighted by Crippen LogP contribution is 2.37. The Kier molecular flexibility index (Phi) is 7.39. The minimum atomic E-state index is -4.17. The van der Waals surface area contributed by atoms with Gasteiger partial charge in [-0.3, -0.25) is 14.8 Å². The molecule has 0 bridgehead atoms. The van der Waals surface area contributed by atoms with Gasteiger partial charge in [-0.2, -0.15) is 13.5 Å². The number of amides is 1. The van der Waals surface area contributed by atoms with Gasteiger partial charge < -0.3 is 14.8 Å². The number of carbonyl (C=O) groups is 1. The number of anilines is 2. The van der Waals surface area contributed by atoms with Gasteiger partial charge in [-0.25, -0.2) is 5.12 Å². The van der Waals surface area contributed by atoms with Crippen molar-refractivity contribution in [2.24, 2.45) is 5.10 Å². The fourth-order valence-electron chi connectivity index (χ4n) is 2.37. The highest BCUT2D eigenvalue weighted by atomic mass is 32.2. The lowest BCUT2D eigenvalue weighted by molar-refractivity contribution is 0.102. The summed E-state index contributed by atoms with van der Waals surface area (Å²) >= 11 is 0. The SMILES string of the molecule is C=NN(CCS(=O)(=O)O)Nc1cc(OC)c(NC(=O)c2ccccc2)cc1OC. The first-order valence-electron chi connectivity index (χ1n) is 8.35. The van der Waals surface area contributed by atoms with Gasteiger partial charge in [0, 0.05) is 24.4 Å². The molecule has 0 atom stereocenters. The van der Waals surface area contributed by atoms with Gasteiger partial charge in [0.05, 0.1) is 32.2 Å². The lowest BCUT2D eigenvalue weighted by Gasteiger charge is -2.22. The van der Waals surface area contributed by atoms with Crippen LogP contribution in [-0.2, 0) is 10.1 Å². The second kappa shape index (κ2) is 9.75. The van der Waals surface area contributed by atoms with Crippen molar-refractivity contribution in [3.05, 3.63) is 48.0 Å². The van der Waals surface area contributed by atoms with Gasteiger partial charge >= 0.3 is 0 Å². The Balaban J connectivity index is 2.26. The van der Waals surface area contributed by atoms with E-state index in [4.69, 9.17) is 14.0 Å². The van der Waals surface area contributed by atoms with Crippen LogP contribution in [0.15, 0.2) is 47.6 Å². The summed E-state index contributed by atoms with van der Waals surface area (Å²) in [5.74, 6) is -0.218. The van der Waals surface area contributed by atoms with E-state index in [1.807, 2.05) is 6.07 Å². The van der Waals surface area contributed by atoms with Crippen molar-refractivity contribution in [1.82, 2.24) is 5.12 Å². The van der Waals surface area contributed by atoms with Crippen LogP contribution in [0, 0.1) is 0 Å². The number of hydrogen-bond acceptors (Lipinski definition) is 8. The van der Waals surface area contributed by atoms with Crippen LogP contribution in [0.25, 0.3) is 0 Å². The Hall–Kier alpha value is -3.31. The molecule has 0 radical (unpaired) electrons. The van der Waals surface area contributed by atoms with E-state index in [0.29, 0.717) is 28.4 Å². The van der Waals surface area contributed by atoms with Crippen molar-refractivity contribution < 1.29 is 27.2 Å². The molecule has 2 rings (SSSR count). The highest BCUT2D eigenvalue weighted by Gasteiger charge is 2.16. The summed E-state index contributed by atoms with van der Waals surface area (Å²) in [6, 6.07) is 11.8. The van der Waals surface area contributed by atoms with Gasteiger partial charge in [0.25, 0.3) is 16.0 Å². The quantitative estimate of drug-likeness (QED) is 0.301. The molecule has 0 saturated carbocycles. The summed E-state index contributed by atoms with van der Waals surface area (Å²) in [5.41, 5.74) is 4.05. The number of hydrazone groups is 1. The predicted octanol–water partition coefficient (Wildman–Crippen LogP) is 2.09. The maximum atomic E-state index is 12.4. The zero-order valence-electron chi connectivity index (χ0n) is 16.0. The van der Waals surface area contributed by atoms with Crippen LogP contribution in [0.3, 0.4) is 0 Å². The molecule has 0 aromatic heterocycles. The Labute approximate surface area is 168 Å². The number of hydrazine groups is 1. The summed E-state index contributed by atoms with van der Waals surface area (Å²) in [6.45, 7) is 3.19. The van der Waals surface area contributed by atoms with Gasteiger partial charge in [0.2, 0.25) is 0 Å². The standard InChI is InChI=1S/C18H22N4O6S/c1-19-22(9-10-29(24,25)26)21-15-12-16(27-2)14(11-17(15)28-3)20-18(23)13-7-5-4-6-8-13/h4-8,11-12,21H,1,9-10H2,2-3H3,(H,20,23)(H,24,25,26).